The molecule has 3 rings (SSSR count). The lowest BCUT2D eigenvalue weighted by molar-refractivity contribution is 0.254. The summed E-state index contributed by atoms with van der Waals surface area (Å²) in [6.07, 6.45) is 0.722. The van der Waals surface area contributed by atoms with Gasteiger partial charge in [0.05, 0.1) is 18.2 Å². The Morgan fingerprint density at radius 1 is 1.28 bits per heavy atom. The smallest absolute Gasteiger partial charge is 0.166 e. The van der Waals surface area contributed by atoms with Crippen LogP contribution in [-0.2, 0) is 6.61 Å². The normalized spacial score (nSPS) is 19.6. The van der Waals surface area contributed by atoms with Crippen molar-refractivity contribution in [3.8, 4) is 11.8 Å². The highest BCUT2D eigenvalue weighted by atomic mass is 19.1. The number of hydrogen-bond donors (Lipinski definition) is 2. The van der Waals surface area contributed by atoms with Crippen molar-refractivity contribution < 1.29 is 18.6 Å². The Kier molecular flexibility index (Phi) is 5.22. The van der Waals surface area contributed by atoms with Gasteiger partial charge in [0.15, 0.2) is 11.6 Å². The molecule has 0 spiro atoms. The van der Waals surface area contributed by atoms with Gasteiger partial charge in [0.1, 0.15) is 18.1 Å². The molecular formula is C18H17F2N3O2. The third-order valence-electron chi connectivity index (χ3n) is 4.23. The Morgan fingerprint density at radius 3 is 2.80 bits per heavy atom. The van der Waals surface area contributed by atoms with Crippen molar-refractivity contribution in [2.45, 2.75) is 25.0 Å². The lowest BCUT2D eigenvalue weighted by atomic mass is 10.0. The fraction of sp³-hybridized carbons (Fsp3) is 0.333. The molecule has 0 radical (unpaired) electrons. The summed E-state index contributed by atoms with van der Waals surface area (Å²) in [4.78, 5) is 4.31. The molecule has 7 heteroatoms. The number of pyridine rings is 1. The van der Waals surface area contributed by atoms with E-state index < -0.39 is 11.6 Å². The SMILES string of the molecule is N#Cc1ccc(OCc2nc(C3CN[C@@H](CO)C3)ccc2F)c(F)c1. The van der Waals surface area contributed by atoms with Crippen LogP contribution < -0.4 is 10.1 Å². The minimum atomic E-state index is -0.679. The lowest BCUT2D eigenvalue weighted by Gasteiger charge is -2.12. The van der Waals surface area contributed by atoms with Crippen LogP contribution in [0, 0.1) is 23.0 Å². The minimum Gasteiger partial charge on any atom is -0.484 e. The van der Waals surface area contributed by atoms with Crippen molar-refractivity contribution in [3.05, 3.63) is 58.9 Å². The molecule has 25 heavy (non-hydrogen) atoms. The molecule has 2 heterocycles. The summed E-state index contributed by atoms with van der Waals surface area (Å²) in [6.45, 7) is 0.492. The molecular weight excluding hydrogens is 328 g/mol. The predicted octanol–water partition coefficient (Wildman–Crippen LogP) is 2.25. The van der Waals surface area contributed by atoms with Gasteiger partial charge in [0.25, 0.3) is 0 Å². The van der Waals surface area contributed by atoms with Crippen molar-refractivity contribution >= 4 is 0 Å². The molecule has 2 N–H and O–H groups in total. The topological polar surface area (TPSA) is 78.2 Å². The first-order chi connectivity index (χ1) is 12.1. The van der Waals surface area contributed by atoms with Crippen LogP contribution in [0.4, 0.5) is 8.78 Å². The van der Waals surface area contributed by atoms with Gasteiger partial charge in [-0.3, -0.25) is 4.98 Å². The minimum absolute atomic E-state index is 0.0179. The first-order valence-corrected chi connectivity index (χ1v) is 7.92. The summed E-state index contributed by atoms with van der Waals surface area (Å²) >= 11 is 0. The van der Waals surface area contributed by atoms with Crippen LogP contribution in [0.1, 0.15) is 29.3 Å². The van der Waals surface area contributed by atoms with Crippen LogP contribution in [-0.4, -0.2) is 29.3 Å². The number of aliphatic hydroxyl groups is 1. The molecule has 1 aliphatic rings. The molecule has 1 aromatic heterocycles. The quantitative estimate of drug-likeness (QED) is 0.869. The van der Waals surface area contributed by atoms with Gasteiger partial charge in [-0.25, -0.2) is 8.78 Å². The summed E-state index contributed by atoms with van der Waals surface area (Å²) < 4.78 is 33.1. The molecule has 130 valence electrons. The zero-order chi connectivity index (χ0) is 17.8. The Morgan fingerprint density at radius 2 is 2.12 bits per heavy atom. The molecule has 5 nitrogen and oxygen atoms in total. The number of aliphatic hydroxyl groups excluding tert-OH is 1. The zero-order valence-corrected chi connectivity index (χ0v) is 13.4. The van der Waals surface area contributed by atoms with E-state index in [1.165, 1.54) is 18.2 Å². The molecule has 0 aliphatic carbocycles. The van der Waals surface area contributed by atoms with Crippen LogP contribution in [0.15, 0.2) is 30.3 Å². The highest BCUT2D eigenvalue weighted by Gasteiger charge is 2.26. The average molecular weight is 345 g/mol. The van der Waals surface area contributed by atoms with E-state index in [9.17, 15) is 13.9 Å². The van der Waals surface area contributed by atoms with Gasteiger partial charge < -0.3 is 15.2 Å². The molecule has 1 aliphatic heterocycles. The van der Waals surface area contributed by atoms with Crippen molar-refractivity contribution in [1.82, 2.24) is 10.3 Å². The largest absolute Gasteiger partial charge is 0.484 e. The van der Waals surface area contributed by atoms with Crippen LogP contribution >= 0.6 is 0 Å². The van der Waals surface area contributed by atoms with Gasteiger partial charge in [-0.05, 0) is 36.8 Å². The second-order valence-corrected chi connectivity index (χ2v) is 5.93. The number of ether oxygens (including phenoxy) is 1. The van der Waals surface area contributed by atoms with Crippen LogP contribution in [0.3, 0.4) is 0 Å². The van der Waals surface area contributed by atoms with Crippen molar-refractivity contribution in [2.24, 2.45) is 0 Å². The molecule has 2 aromatic rings. The van der Waals surface area contributed by atoms with E-state index in [1.807, 2.05) is 6.07 Å². The van der Waals surface area contributed by atoms with Crippen molar-refractivity contribution in [1.29, 1.82) is 5.26 Å². The number of hydrogen-bond acceptors (Lipinski definition) is 5. The fourth-order valence-electron chi connectivity index (χ4n) is 2.85. The third-order valence-corrected chi connectivity index (χ3v) is 4.23. The number of halogens is 2. The average Bonchev–Trinajstić information content (AvgIpc) is 3.11. The van der Waals surface area contributed by atoms with Gasteiger partial charge in [-0.15, -0.1) is 0 Å². The van der Waals surface area contributed by atoms with Crippen LogP contribution in [0.5, 0.6) is 5.75 Å². The highest BCUT2D eigenvalue weighted by molar-refractivity contribution is 5.36. The number of nitrogens with one attached hydrogen (secondary N) is 1. The zero-order valence-electron chi connectivity index (χ0n) is 13.4. The van der Waals surface area contributed by atoms with Crippen molar-refractivity contribution in [2.75, 3.05) is 13.2 Å². The molecule has 1 aromatic carbocycles. The maximum atomic E-state index is 14.0. The van der Waals surface area contributed by atoms with Crippen molar-refractivity contribution in [3.63, 3.8) is 0 Å². The summed E-state index contributed by atoms with van der Waals surface area (Å²) in [5, 5.41) is 21.1. The van der Waals surface area contributed by atoms with Gasteiger partial charge >= 0.3 is 0 Å². The summed E-state index contributed by atoms with van der Waals surface area (Å²) in [5.74, 6) is -1.18. The molecule has 1 saturated heterocycles. The highest BCUT2D eigenvalue weighted by Crippen LogP contribution is 2.25. The van der Waals surface area contributed by atoms with E-state index in [0.29, 0.717) is 12.2 Å². The standard InChI is InChI=1S/C18H17F2N3O2/c19-14-2-3-16(12-6-13(9-24)22-8-12)23-17(14)10-25-18-4-1-11(7-21)5-15(18)20/h1-5,12-13,22,24H,6,8-10H2/t12?,13-/m1/s1. The van der Waals surface area contributed by atoms with Crippen LogP contribution in [0.25, 0.3) is 0 Å². The summed E-state index contributed by atoms with van der Waals surface area (Å²) in [6, 6.07) is 8.62. The molecule has 0 amide bonds. The van der Waals surface area contributed by atoms with Gasteiger partial charge in [0, 0.05) is 24.2 Å². The molecule has 0 saturated carbocycles. The number of nitrogens with zero attached hydrogens (tertiary/aromatic N) is 2. The Labute approximate surface area is 143 Å². The van der Waals surface area contributed by atoms with Gasteiger partial charge in [0.2, 0.25) is 0 Å². The van der Waals surface area contributed by atoms with E-state index >= 15 is 0 Å². The lowest BCUT2D eigenvalue weighted by Crippen LogP contribution is -2.24. The predicted molar refractivity (Wildman–Crippen MR) is 85.9 cm³/mol. The second-order valence-electron chi connectivity index (χ2n) is 5.93. The summed E-state index contributed by atoms with van der Waals surface area (Å²) in [5.41, 5.74) is 0.987. The number of rotatable bonds is 5. The maximum absolute atomic E-state index is 14.0. The van der Waals surface area contributed by atoms with Gasteiger partial charge in [-0.2, -0.15) is 5.26 Å². The number of aromatic nitrogens is 1. The van der Waals surface area contributed by atoms with E-state index in [1.54, 1.807) is 6.07 Å². The molecule has 0 bridgehead atoms. The monoisotopic (exact) mass is 345 g/mol. The van der Waals surface area contributed by atoms with E-state index in [2.05, 4.69) is 10.3 Å². The van der Waals surface area contributed by atoms with E-state index in [0.717, 1.165) is 12.5 Å². The Balaban J connectivity index is 1.72. The van der Waals surface area contributed by atoms with Gasteiger partial charge in [-0.1, -0.05) is 0 Å². The number of benzene rings is 1. The third kappa shape index (κ3) is 3.92. The van der Waals surface area contributed by atoms with E-state index in [4.69, 9.17) is 10.00 Å². The van der Waals surface area contributed by atoms with Crippen LogP contribution in [0.2, 0.25) is 0 Å². The molecule has 1 unspecified atom stereocenters. The van der Waals surface area contributed by atoms with E-state index in [-0.39, 0.29) is 42.2 Å². The maximum Gasteiger partial charge on any atom is 0.166 e. The Bertz CT molecular complexity index is 807. The second kappa shape index (κ2) is 7.55. The summed E-state index contributed by atoms with van der Waals surface area (Å²) in [7, 11) is 0. The number of nitriles is 1. The Hall–Kier alpha value is -2.56. The fourth-order valence-corrected chi connectivity index (χ4v) is 2.85. The molecule has 2 atom stereocenters. The first kappa shape index (κ1) is 17.3. The molecule has 1 fully saturated rings. The first-order valence-electron chi connectivity index (χ1n) is 7.92.